The van der Waals surface area contributed by atoms with Crippen LogP contribution >= 0.6 is 0 Å². The molecule has 2 heterocycles. The quantitative estimate of drug-likeness (QED) is 0.664. The number of hydrogen-bond acceptors (Lipinski definition) is 3. The minimum atomic E-state index is 0.355. The molecule has 0 aromatic carbocycles. The summed E-state index contributed by atoms with van der Waals surface area (Å²) in [5.41, 5.74) is 1.77. The Hall–Kier alpha value is -1.40. The lowest BCUT2D eigenvalue weighted by molar-refractivity contribution is 0.382. The monoisotopic (exact) mass is 159 g/mol. The largest absolute Gasteiger partial charge is 0.310 e. The van der Waals surface area contributed by atoms with Crippen molar-refractivity contribution in [2.75, 3.05) is 6.54 Å². The average molecular weight is 159 g/mol. The zero-order chi connectivity index (χ0) is 8.39. The van der Waals surface area contributed by atoms with E-state index >= 15 is 0 Å². The fraction of sp³-hybridized carbons (Fsp3) is 0.333. The molecule has 12 heavy (non-hydrogen) atoms. The third-order valence-corrected chi connectivity index (χ3v) is 2.17. The van der Waals surface area contributed by atoms with Crippen molar-refractivity contribution in [3.8, 4) is 6.07 Å². The predicted octanol–water partition coefficient (Wildman–Crippen LogP) is 0.988. The van der Waals surface area contributed by atoms with E-state index in [-0.39, 0.29) is 0 Å². The third kappa shape index (κ3) is 1.06. The van der Waals surface area contributed by atoms with Crippen LogP contribution in [0.1, 0.15) is 23.6 Å². The first-order valence-corrected chi connectivity index (χ1v) is 3.99. The van der Waals surface area contributed by atoms with Crippen LogP contribution in [0.25, 0.3) is 0 Å². The van der Waals surface area contributed by atoms with Gasteiger partial charge in [0, 0.05) is 24.0 Å². The smallest absolute Gasteiger partial charge is 0.0996 e. The topological polar surface area (TPSA) is 48.7 Å². The van der Waals surface area contributed by atoms with Gasteiger partial charge in [-0.2, -0.15) is 5.26 Å². The highest BCUT2D eigenvalue weighted by Crippen LogP contribution is 2.24. The second-order valence-corrected chi connectivity index (χ2v) is 2.87. The molecule has 0 bridgehead atoms. The molecule has 1 aromatic heterocycles. The van der Waals surface area contributed by atoms with E-state index in [1.54, 1.807) is 18.5 Å². The molecule has 0 saturated carbocycles. The maximum absolute atomic E-state index is 8.78. The van der Waals surface area contributed by atoms with Gasteiger partial charge in [0.25, 0.3) is 0 Å². The summed E-state index contributed by atoms with van der Waals surface area (Å²) in [6.07, 6.45) is 4.54. The molecule has 1 aliphatic heterocycles. The number of nitrogens with zero attached hydrogens (tertiary/aromatic N) is 2. The fourth-order valence-corrected chi connectivity index (χ4v) is 1.34. The van der Waals surface area contributed by atoms with Crippen LogP contribution < -0.4 is 5.32 Å². The fourth-order valence-electron chi connectivity index (χ4n) is 1.34. The zero-order valence-corrected chi connectivity index (χ0v) is 6.62. The molecular weight excluding hydrogens is 150 g/mol. The van der Waals surface area contributed by atoms with Crippen molar-refractivity contribution >= 4 is 0 Å². The Morgan fingerprint density at radius 3 is 3.08 bits per heavy atom. The molecule has 3 nitrogen and oxygen atoms in total. The van der Waals surface area contributed by atoms with Crippen LogP contribution in [0.5, 0.6) is 0 Å². The average Bonchev–Trinajstić information content (AvgIpc) is 2.02. The Morgan fingerprint density at radius 2 is 2.50 bits per heavy atom. The number of nitrogens with one attached hydrogen (secondary N) is 1. The van der Waals surface area contributed by atoms with Gasteiger partial charge >= 0.3 is 0 Å². The minimum Gasteiger partial charge on any atom is -0.310 e. The highest BCUT2D eigenvalue weighted by molar-refractivity contribution is 5.37. The highest BCUT2D eigenvalue weighted by Gasteiger charge is 2.20. The minimum absolute atomic E-state index is 0.355. The Labute approximate surface area is 71.0 Å². The van der Waals surface area contributed by atoms with Crippen molar-refractivity contribution < 1.29 is 0 Å². The lowest BCUT2D eigenvalue weighted by atomic mass is 9.96. The second-order valence-electron chi connectivity index (χ2n) is 2.87. The molecule has 1 N–H and O–H groups in total. The third-order valence-electron chi connectivity index (χ3n) is 2.17. The van der Waals surface area contributed by atoms with E-state index in [0.29, 0.717) is 6.04 Å². The summed E-state index contributed by atoms with van der Waals surface area (Å²) < 4.78 is 0. The SMILES string of the molecule is N#Cc1ccncc1C1CCN1. The second kappa shape index (κ2) is 2.92. The van der Waals surface area contributed by atoms with Crippen LogP contribution in [0.4, 0.5) is 0 Å². The van der Waals surface area contributed by atoms with E-state index in [0.717, 1.165) is 24.1 Å². The zero-order valence-electron chi connectivity index (χ0n) is 6.62. The maximum Gasteiger partial charge on any atom is 0.0996 e. The van der Waals surface area contributed by atoms with E-state index in [1.165, 1.54) is 0 Å². The van der Waals surface area contributed by atoms with Crippen molar-refractivity contribution in [3.05, 3.63) is 29.6 Å². The summed E-state index contributed by atoms with van der Waals surface area (Å²) in [6, 6.07) is 4.28. The first-order valence-electron chi connectivity index (χ1n) is 3.99. The number of nitriles is 1. The van der Waals surface area contributed by atoms with E-state index in [1.807, 2.05) is 0 Å². The Morgan fingerprint density at radius 1 is 1.67 bits per heavy atom. The van der Waals surface area contributed by atoms with Crippen molar-refractivity contribution in [1.82, 2.24) is 10.3 Å². The van der Waals surface area contributed by atoms with Gasteiger partial charge in [-0.05, 0) is 19.0 Å². The molecule has 2 rings (SSSR count). The summed E-state index contributed by atoms with van der Waals surface area (Å²) in [7, 11) is 0. The molecule has 60 valence electrons. The van der Waals surface area contributed by atoms with Gasteiger partial charge in [-0.3, -0.25) is 4.98 Å². The van der Waals surface area contributed by atoms with E-state index in [4.69, 9.17) is 5.26 Å². The number of hydrogen-bond donors (Lipinski definition) is 1. The van der Waals surface area contributed by atoms with Gasteiger partial charge in [0.2, 0.25) is 0 Å². The summed E-state index contributed by atoms with van der Waals surface area (Å²) in [6.45, 7) is 1.05. The van der Waals surface area contributed by atoms with Crippen molar-refractivity contribution in [3.63, 3.8) is 0 Å². The first kappa shape index (κ1) is 7.26. The number of aromatic nitrogens is 1. The molecule has 0 amide bonds. The first-order chi connectivity index (χ1) is 5.92. The van der Waals surface area contributed by atoms with Crippen LogP contribution in [0.3, 0.4) is 0 Å². The van der Waals surface area contributed by atoms with Crippen LogP contribution in [-0.4, -0.2) is 11.5 Å². The molecule has 3 heteroatoms. The molecule has 0 spiro atoms. The van der Waals surface area contributed by atoms with Gasteiger partial charge in [-0.1, -0.05) is 0 Å². The number of pyridine rings is 1. The molecule has 1 atom stereocenters. The van der Waals surface area contributed by atoms with Gasteiger partial charge in [-0.15, -0.1) is 0 Å². The molecule has 1 unspecified atom stereocenters. The van der Waals surface area contributed by atoms with Crippen molar-refractivity contribution in [2.24, 2.45) is 0 Å². The summed E-state index contributed by atoms with van der Waals surface area (Å²) in [5.74, 6) is 0. The molecular formula is C9H9N3. The molecule has 0 aliphatic carbocycles. The van der Waals surface area contributed by atoms with Gasteiger partial charge in [0.05, 0.1) is 11.6 Å². The van der Waals surface area contributed by atoms with Gasteiger partial charge in [-0.25, -0.2) is 0 Å². The van der Waals surface area contributed by atoms with Crippen molar-refractivity contribution in [1.29, 1.82) is 5.26 Å². The van der Waals surface area contributed by atoms with Gasteiger partial charge in [0.1, 0.15) is 0 Å². The Bertz CT molecular complexity index is 323. The number of rotatable bonds is 1. The van der Waals surface area contributed by atoms with Crippen LogP contribution in [0.15, 0.2) is 18.5 Å². The molecule has 1 aliphatic rings. The normalized spacial score (nSPS) is 21.1. The molecule has 1 fully saturated rings. The standard InChI is InChI=1S/C9H9N3/c10-5-7-1-3-11-6-8(7)9-2-4-12-9/h1,3,6,9,12H,2,4H2. The molecule has 1 saturated heterocycles. The summed E-state index contributed by atoms with van der Waals surface area (Å²) in [4.78, 5) is 4.01. The lowest BCUT2D eigenvalue weighted by Crippen LogP contribution is -2.35. The Kier molecular flexibility index (Phi) is 1.77. The molecule has 1 aromatic rings. The summed E-state index contributed by atoms with van der Waals surface area (Å²) in [5, 5.41) is 12.0. The van der Waals surface area contributed by atoms with Crippen LogP contribution in [0.2, 0.25) is 0 Å². The molecule has 0 radical (unpaired) electrons. The van der Waals surface area contributed by atoms with Crippen LogP contribution in [-0.2, 0) is 0 Å². The Balaban J connectivity index is 2.35. The van der Waals surface area contributed by atoms with Crippen molar-refractivity contribution in [2.45, 2.75) is 12.5 Å². The van der Waals surface area contributed by atoms with Gasteiger partial charge in [0.15, 0.2) is 0 Å². The van der Waals surface area contributed by atoms with E-state index in [9.17, 15) is 0 Å². The highest BCUT2D eigenvalue weighted by atomic mass is 15.0. The predicted molar refractivity (Wildman–Crippen MR) is 44.3 cm³/mol. The van der Waals surface area contributed by atoms with E-state index < -0.39 is 0 Å². The lowest BCUT2D eigenvalue weighted by Gasteiger charge is -2.28. The summed E-state index contributed by atoms with van der Waals surface area (Å²) >= 11 is 0. The van der Waals surface area contributed by atoms with Crippen LogP contribution in [0, 0.1) is 11.3 Å². The maximum atomic E-state index is 8.78. The van der Waals surface area contributed by atoms with E-state index in [2.05, 4.69) is 16.4 Å². The van der Waals surface area contributed by atoms with Gasteiger partial charge < -0.3 is 5.32 Å².